The maximum Gasteiger partial charge on any atom is 0.194 e. The summed E-state index contributed by atoms with van der Waals surface area (Å²) in [5, 5.41) is 0. The van der Waals surface area contributed by atoms with E-state index in [1.807, 2.05) is 50.1 Å². The number of carbonyl (C=O) groups excluding carboxylic acids is 2. The van der Waals surface area contributed by atoms with Gasteiger partial charge in [-0.25, -0.2) is 0 Å². The van der Waals surface area contributed by atoms with Crippen LogP contribution in [-0.4, -0.2) is 39.8 Å². The molecule has 0 atom stereocenters. The zero-order valence-corrected chi connectivity index (χ0v) is 13.2. The predicted octanol–water partition coefficient (Wildman–Crippen LogP) is 2.59. The summed E-state index contributed by atoms with van der Waals surface area (Å²) in [6, 6.07) is 10.8. The molecule has 0 saturated carbocycles. The lowest BCUT2D eigenvalue weighted by Crippen LogP contribution is -2.22. The summed E-state index contributed by atoms with van der Waals surface area (Å²) >= 11 is 0. The fraction of sp³-hybridized carbons (Fsp3) is 0.222. The van der Waals surface area contributed by atoms with Crippen LogP contribution < -0.4 is 9.80 Å². The predicted molar refractivity (Wildman–Crippen MR) is 88.4 cm³/mol. The van der Waals surface area contributed by atoms with E-state index in [0.29, 0.717) is 22.3 Å². The quantitative estimate of drug-likeness (QED) is 0.728. The summed E-state index contributed by atoms with van der Waals surface area (Å²) in [5.74, 6) is -0.169. The largest absolute Gasteiger partial charge is 0.378 e. The Hall–Kier alpha value is -2.62. The number of hydrogen-bond acceptors (Lipinski definition) is 4. The Morgan fingerprint density at radius 1 is 0.591 bits per heavy atom. The van der Waals surface area contributed by atoms with Crippen molar-refractivity contribution in [3.63, 3.8) is 0 Å². The fourth-order valence-electron chi connectivity index (χ4n) is 2.68. The van der Waals surface area contributed by atoms with Crippen molar-refractivity contribution in [2.75, 3.05) is 38.0 Å². The second-order valence-electron chi connectivity index (χ2n) is 5.91. The third-order valence-corrected chi connectivity index (χ3v) is 4.02. The van der Waals surface area contributed by atoms with Crippen molar-refractivity contribution in [1.29, 1.82) is 0 Å². The van der Waals surface area contributed by atoms with E-state index in [1.54, 1.807) is 24.3 Å². The van der Waals surface area contributed by atoms with E-state index in [2.05, 4.69) is 0 Å². The van der Waals surface area contributed by atoms with Crippen molar-refractivity contribution in [1.82, 2.24) is 0 Å². The van der Waals surface area contributed by atoms with Gasteiger partial charge in [0.25, 0.3) is 0 Å². The molecule has 0 spiro atoms. The highest BCUT2D eigenvalue weighted by Gasteiger charge is 2.30. The molecular formula is C18H18N2O2. The number of nitrogens with zero attached hydrogens (tertiary/aromatic N) is 2. The van der Waals surface area contributed by atoms with Gasteiger partial charge in [0.15, 0.2) is 11.6 Å². The summed E-state index contributed by atoms with van der Waals surface area (Å²) in [6.07, 6.45) is 0. The zero-order chi connectivity index (χ0) is 16.0. The van der Waals surface area contributed by atoms with Gasteiger partial charge in [0.2, 0.25) is 0 Å². The monoisotopic (exact) mass is 294 g/mol. The van der Waals surface area contributed by atoms with Crippen LogP contribution in [0.3, 0.4) is 0 Å². The van der Waals surface area contributed by atoms with Gasteiger partial charge in [-0.3, -0.25) is 9.59 Å². The molecule has 3 rings (SSSR count). The van der Waals surface area contributed by atoms with Crippen molar-refractivity contribution in [2.24, 2.45) is 0 Å². The Labute approximate surface area is 130 Å². The Bertz CT molecular complexity index is 724. The Morgan fingerprint density at radius 3 is 1.27 bits per heavy atom. The minimum atomic E-state index is -0.0846. The lowest BCUT2D eigenvalue weighted by molar-refractivity contribution is 0.0979. The molecule has 112 valence electrons. The van der Waals surface area contributed by atoms with Gasteiger partial charge in [0, 0.05) is 61.8 Å². The first-order valence-corrected chi connectivity index (χ1v) is 7.12. The molecule has 0 aromatic heterocycles. The fourth-order valence-corrected chi connectivity index (χ4v) is 2.68. The van der Waals surface area contributed by atoms with Crippen molar-refractivity contribution < 1.29 is 9.59 Å². The molecule has 0 N–H and O–H groups in total. The molecule has 0 heterocycles. The van der Waals surface area contributed by atoms with Gasteiger partial charge in [-0.2, -0.15) is 0 Å². The standard InChI is InChI=1S/C18H18N2O2/c1-19(2)11-5-7-13-15(9-11)17(21)14-8-6-12(20(3)4)10-16(14)18(13)22/h5-10H,1-4H3. The molecule has 2 aromatic carbocycles. The van der Waals surface area contributed by atoms with E-state index in [-0.39, 0.29) is 11.6 Å². The van der Waals surface area contributed by atoms with Crippen LogP contribution in [0.2, 0.25) is 0 Å². The van der Waals surface area contributed by atoms with Crippen molar-refractivity contribution in [2.45, 2.75) is 0 Å². The van der Waals surface area contributed by atoms with Crippen molar-refractivity contribution in [3.8, 4) is 0 Å². The normalized spacial score (nSPS) is 12.7. The first-order chi connectivity index (χ1) is 10.4. The number of anilines is 2. The Kier molecular flexibility index (Phi) is 3.24. The van der Waals surface area contributed by atoms with Gasteiger partial charge < -0.3 is 9.80 Å². The molecule has 4 nitrogen and oxygen atoms in total. The number of fused-ring (bicyclic) bond motifs is 2. The first-order valence-electron chi connectivity index (χ1n) is 7.12. The topological polar surface area (TPSA) is 40.6 Å². The van der Waals surface area contributed by atoms with E-state index in [4.69, 9.17) is 0 Å². The van der Waals surface area contributed by atoms with Crippen LogP contribution in [0, 0.1) is 0 Å². The van der Waals surface area contributed by atoms with Crippen LogP contribution >= 0.6 is 0 Å². The minimum absolute atomic E-state index is 0.0846. The highest BCUT2D eigenvalue weighted by Crippen LogP contribution is 2.31. The number of rotatable bonds is 2. The lowest BCUT2D eigenvalue weighted by Gasteiger charge is -2.22. The number of ketones is 2. The lowest BCUT2D eigenvalue weighted by atomic mass is 9.83. The molecule has 0 unspecified atom stereocenters. The zero-order valence-electron chi connectivity index (χ0n) is 13.2. The molecule has 0 aliphatic heterocycles. The molecule has 4 heteroatoms. The van der Waals surface area contributed by atoms with Gasteiger partial charge in [-0.15, -0.1) is 0 Å². The molecule has 0 amide bonds. The molecule has 22 heavy (non-hydrogen) atoms. The average molecular weight is 294 g/mol. The van der Waals surface area contributed by atoms with Gasteiger partial charge in [0.05, 0.1) is 0 Å². The van der Waals surface area contributed by atoms with Crippen LogP contribution in [-0.2, 0) is 0 Å². The van der Waals surface area contributed by atoms with Crippen molar-refractivity contribution in [3.05, 3.63) is 58.7 Å². The van der Waals surface area contributed by atoms with E-state index in [1.165, 1.54) is 0 Å². The molecule has 0 bridgehead atoms. The average Bonchev–Trinajstić information content (AvgIpc) is 2.51. The number of hydrogen-bond donors (Lipinski definition) is 0. The summed E-state index contributed by atoms with van der Waals surface area (Å²) in [7, 11) is 7.64. The summed E-state index contributed by atoms with van der Waals surface area (Å²) in [4.78, 5) is 29.3. The maximum absolute atomic E-state index is 12.7. The summed E-state index contributed by atoms with van der Waals surface area (Å²) in [5.41, 5.74) is 3.77. The van der Waals surface area contributed by atoms with E-state index >= 15 is 0 Å². The number of benzene rings is 2. The molecule has 1 aliphatic rings. The Balaban J connectivity index is 2.18. The van der Waals surface area contributed by atoms with Gasteiger partial charge in [-0.1, -0.05) is 0 Å². The third kappa shape index (κ3) is 2.08. The maximum atomic E-state index is 12.7. The number of carbonyl (C=O) groups is 2. The summed E-state index contributed by atoms with van der Waals surface area (Å²) in [6.45, 7) is 0. The molecule has 0 fully saturated rings. The van der Waals surface area contributed by atoms with Crippen LogP contribution in [0.15, 0.2) is 36.4 Å². The third-order valence-electron chi connectivity index (χ3n) is 4.02. The smallest absolute Gasteiger partial charge is 0.194 e. The molecule has 2 aromatic rings. The molecule has 0 radical (unpaired) electrons. The van der Waals surface area contributed by atoms with E-state index < -0.39 is 0 Å². The van der Waals surface area contributed by atoms with Gasteiger partial charge in [-0.05, 0) is 36.4 Å². The Morgan fingerprint density at radius 2 is 0.955 bits per heavy atom. The van der Waals surface area contributed by atoms with Crippen LogP contribution in [0.5, 0.6) is 0 Å². The minimum Gasteiger partial charge on any atom is -0.378 e. The highest BCUT2D eigenvalue weighted by atomic mass is 16.1. The second kappa shape index (κ2) is 4.98. The SMILES string of the molecule is CN(C)c1ccc2c(c1)C(=O)c1ccc(N(C)C)cc1C2=O. The van der Waals surface area contributed by atoms with E-state index in [0.717, 1.165) is 11.4 Å². The van der Waals surface area contributed by atoms with Crippen molar-refractivity contribution >= 4 is 22.9 Å². The van der Waals surface area contributed by atoms with Crippen LogP contribution in [0.1, 0.15) is 31.8 Å². The molecule has 1 aliphatic carbocycles. The first kappa shape index (κ1) is 14.3. The van der Waals surface area contributed by atoms with Gasteiger partial charge >= 0.3 is 0 Å². The van der Waals surface area contributed by atoms with Crippen LogP contribution in [0.4, 0.5) is 11.4 Å². The van der Waals surface area contributed by atoms with Gasteiger partial charge in [0.1, 0.15) is 0 Å². The highest BCUT2D eigenvalue weighted by molar-refractivity contribution is 6.28. The molecular weight excluding hydrogens is 276 g/mol. The molecule has 0 saturated heterocycles. The summed E-state index contributed by atoms with van der Waals surface area (Å²) < 4.78 is 0. The van der Waals surface area contributed by atoms with Crippen LogP contribution in [0.25, 0.3) is 0 Å². The second-order valence-corrected chi connectivity index (χ2v) is 5.91. The van der Waals surface area contributed by atoms with E-state index in [9.17, 15) is 9.59 Å².